The quantitative estimate of drug-likeness (QED) is 0.410. The second-order valence-corrected chi connectivity index (χ2v) is 5.70. The topological polar surface area (TPSA) is 163 Å². The number of ether oxygens (including phenoxy) is 1. The molecule has 1 aromatic carbocycles. The van der Waals surface area contributed by atoms with Crippen LogP contribution in [0.25, 0.3) is 11.1 Å². The number of nitrogens with one attached hydrogen (secondary N) is 2. The second-order valence-electron chi connectivity index (χ2n) is 5.70. The summed E-state index contributed by atoms with van der Waals surface area (Å²) < 4.78 is 10.5. The van der Waals surface area contributed by atoms with Crippen molar-refractivity contribution in [1.82, 2.24) is 15.2 Å². The number of non-ortho nitro benzene ring substituents is 1. The number of hydrogen-bond acceptors (Lipinski definition) is 8. The highest BCUT2D eigenvalue weighted by Crippen LogP contribution is 2.19. The summed E-state index contributed by atoms with van der Waals surface area (Å²) in [5, 5.41) is 15.1. The molecule has 1 aromatic heterocycles. The predicted molar refractivity (Wildman–Crippen MR) is 89.9 cm³/mol. The molecular formula is C15H16N4O8. The van der Waals surface area contributed by atoms with Crippen LogP contribution in [-0.2, 0) is 20.9 Å². The van der Waals surface area contributed by atoms with E-state index in [1.807, 2.05) is 5.32 Å². The normalized spacial score (nSPS) is 10.6. The number of benzene rings is 1. The van der Waals surface area contributed by atoms with Crippen molar-refractivity contribution in [3.63, 3.8) is 0 Å². The van der Waals surface area contributed by atoms with Crippen LogP contribution in [-0.4, -0.2) is 40.0 Å². The summed E-state index contributed by atoms with van der Waals surface area (Å²) >= 11 is 0. The standard InChI is InChI=1S/C15H16N4O8/c1-8(2)16-14(22)17-12(20)7-26-13(21)6-18-10-4-3-9(19(24)25)5-11(10)27-15(18)23/h3-5,8H,6-7H2,1-2H3,(H2,16,17,20,22). The molecule has 0 spiro atoms. The van der Waals surface area contributed by atoms with Gasteiger partial charge in [0.05, 0.1) is 16.5 Å². The largest absolute Gasteiger partial charge is 0.454 e. The van der Waals surface area contributed by atoms with Gasteiger partial charge in [-0.2, -0.15) is 0 Å². The second kappa shape index (κ2) is 8.12. The number of carbonyl (C=O) groups is 3. The Kier molecular flexibility index (Phi) is 5.90. The van der Waals surface area contributed by atoms with E-state index >= 15 is 0 Å². The number of aromatic nitrogens is 1. The molecule has 2 N–H and O–H groups in total. The maximum Gasteiger partial charge on any atom is 0.420 e. The number of hydrogen-bond donors (Lipinski definition) is 2. The summed E-state index contributed by atoms with van der Waals surface area (Å²) in [7, 11) is 0. The number of amides is 3. The Morgan fingerprint density at radius 3 is 2.67 bits per heavy atom. The Hall–Kier alpha value is -3.70. The minimum Gasteiger partial charge on any atom is -0.454 e. The molecule has 0 radical (unpaired) electrons. The number of imide groups is 1. The minimum absolute atomic E-state index is 0.0647. The summed E-state index contributed by atoms with van der Waals surface area (Å²) in [6, 6.07) is 2.55. The third-order valence-corrected chi connectivity index (χ3v) is 3.19. The zero-order valence-corrected chi connectivity index (χ0v) is 14.4. The Labute approximate surface area is 151 Å². The summed E-state index contributed by atoms with van der Waals surface area (Å²) in [6.45, 7) is 2.10. The van der Waals surface area contributed by atoms with E-state index in [9.17, 15) is 29.3 Å². The monoisotopic (exact) mass is 380 g/mol. The molecule has 0 aliphatic heterocycles. The first-order valence-corrected chi connectivity index (χ1v) is 7.71. The van der Waals surface area contributed by atoms with Crippen LogP contribution in [0, 0.1) is 10.1 Å². The van der Waals surface area contributed by atoms with E-state index in [1.54, 1.807) is 13.8 Å². The van der Waals surface area contributed by atoms with Crippen molar-refractivity contribution >= 4 is 34.7 Å². The first-order chi connectivity index (χ1) is 12.7. The fraction of sp³-hybridized carbons (Fsp3) is 0.333. The lowest BCUT2D eigenvalue weighted by molar-refractivity contribution is -0.384. The van der Waals surface area contributed by atoms with Crippen LogP contribution in [0.1, 0.15) is 13.8 Å². The van der Waals surface area contributed by atoms with Crippen molar-refractivity contribution < 1.29 is 28.5 Å². The molecule has 0 unspecified atom stereocenters. The lowest BCUT2D eigenvalue weighted by Crippen LogP contribution is -2.44. The molecule has 3 amide bonds. The van der Waals surface area contributed by atoms with Gasteiger partial charge < -0.3 is 14.5 Å². The summed E-state index contributed by atoms with van der Waals surface area (Å²) in [4.78, 5) is 56.6. The van der Waals surface area contributed by atoms with Gasteiger partial charge in [0, 0.05) is 12.1 Å². The predicted octanol–water partition coefficient (Wildman–Crippen LogP) is 0.280. The highest BCUT2D eigenvalue weighted by Gasteiger charge is 2.18. The molecule has 0 saturated carbocycles. The number of nitrogens with zero attached hydrogens (tertiary/aromatic N) is 2. The SMILES string of the molecule is CC(C)NC(=O)NC(=O)COC(=O)Cn1c(=O)oc2cc([N+](=O)[O-])ccc21. The zero-order chi connectivity index (χ0) is 20.1. The molecule has 0 fully saturated rings. The van der Waals surface area contributed by atoms with Gasteiger partial charge >= 0.3 is 17.8 Å². The number of nitro benzene ring substituents is 1. The Morgan fingerprint density at radius 1 is 1.33 bits per heavy atom. The molecule has 0 aliphatic carbocycles. The van der Waals surface area contributed by atoms with Crippen molar-refractivity contribution in [2.24, 2.45) is 0 Å². The van der Waals surface area contributed by atoms with Crippen molar-refractivity contribution in [2.45, 2.75) is 26.4 Å². The molecule has 2 aromatic rings. The molecule has 12 heteroatoms. The van der Waals surface area contributed by atoms with E-state index in [-0.39, 0.29) is 22.8 Å². The highest BCUT2D eigenvalue weighted by molar-refractivity contribution is 5.95. The third kappa shape index (κ3) is 5.14. The summed E-state index contributed by atoms with van der Waals surface area (Å²) in [5.74, 6) is -2.69. The van der Waals surface area contributed by atoms with Gasteiger partial charge in [-0.25, -0.2) is 9.59 Å². The fourth-order valence-corrected chi connectivity index (χ4v) is 2.10. The van der Waals surface area contributed by atoms with E-state index in [0.29, 0.717) is 0 Å². The Morgan fingerprint density at radius 2 is 2.04 bits per heavy atom. The Balaban J connectivity index is 1.99. The van der Waals surface area contributed by atoms with Crippen molar-refractivity contribution in [3.05, 3.63) is 38.9 Å². The van der Waals surface area contributed by atoms with Crippen molar-refractivity contribution in [2.75, 3.05) is 6.61 Å². The van der Waals surface area contributed by atoms with Crippen molar-refractivity contribution in [1.29, 1.82) is 0 Å². The molecule has 12 nitrogen and oxygen atoms in total. The van der Waals surface area contributed by atoms with Gasteiger partial charge in [0.1, 0.15) is 6.54 Å². The van der Waals surface area contributed by atoms with Crippen LogP contribution in [0.15, 0.2) is 27.4 Å². The lowest BCUT2D eigenvalue weighted by atomic mass is 10.3. The van der Waals surface area contributed by atoms with E-state index in [1.165, 1.54) is 6.07 Å². The number of rotatable bonds is 6. The van der Waals surface area contributed by atoms with Gasteiger partial charge in [0.25, 0.3) is 11.6 Å². The fourth-order valence-electron chi connectivity index (χ4n) is 2.10. The average molecular weight is 380 g/mol. The Bertz CT molecular complexity index is 958. The highest BCUT2D eigenvalue weighted by atomic mass is 16.6. The zero-order valence-electron chi connectivity index (χ0n) is 14.4. The number of urea groups is 1. The van der Waals surface area contributed by atoms with Gasteiger partial charge in [0.15, 0.2) is 12.2 Å². The van der Waals surface area contributed by atoms with E-state index in [0.717, 1.165) is 16.7 Å². The molecule has 0 bridgehead atoms. The van der Waals surface area contributed by atoms with Gasteiger partial charge in [-0.3, -0.25) is 29.6 Å². The molecule has 27 heavy (non-hydrogen) atoms. The molecule has 0 saturated heterocycles. The number of nitro groups is 1. The molecule has 0 atom stereocenters. The molecule has 2 rings (SSSR count). The van der Waals surface area contributed by atoms with Crippen molar-refractivity contribution in [3.8, 4) is 0 Å². The minimum atomic E-state index is -0.933. The number of carbonyl (C=O) groups excluding carboxylic acids is 3. The number of fused-ring (bicyclic) bond motifs is 1. The molecule has 0 aliphatic rings. The van der Waals surface area contributed by atoms with Crippen LogP contribution in [0.5, 0.6) is 0 Å². The van der Waals surface area contributed by atoms with E-state index in [2.05, 4.69) is 5.32 Å². The van der Waals surface area contributed by atoms with Crippen LogP contribution < -0.4 is 16.4 Å². The van der Waals surface area contributed by atoms with Crippen LogP contribution >= 0.6 is 0 Å². The van der Waals surface area contributed by atoms with Gasteiger partial charge in [0.2, 0.25) is 0 Å². The van der Waals surface area contributed by atoms with Crippen LogP contribution in [0.2, 0.25) is 0 Å². The van der Waals surface area contributed by atoms with E-state index in [4.69, 9.17) is 9.15 Å². The third-order valence-electron chi connectivity index (χ3n) is 3.19. The molecule has 1 heterocycles. The summed E-state index contributed by atoms with van der Waals surface area (Å²) in [6.07, 6.45) is 0. The van der Waals surface area contributed by atoms with Crippen LogP contribution in [0.3, 0.4) is 0 Å². The maximum absolute atomic E-state index is 11.8. The summed E-state index contributed by atoms with van der Waals surface area (Å²) in [5.41, 5.74) is -0.185. The lowest BCUT2D eigenvalue weighted by Gasteiger charge is -2.09. The number of esters is 1. The van der Waals surface area contributed by atoms with Gasteiger partial charge in [-0.15, -0.1) is 0 Å². The van der Waals surface area contributed by atoms with Crippen LogP contribution in [0.4, 0.5) is 10.5 Å². The molecule has 144 valence electrons. The smallest absolute Gasteiger partial charge is 0.420 e. The molecular weight excluding hydrogens is 364 g/mol. The number of oxazole rings is 1. The van der Waals surface area contributed by atoms with Gasteiger partial charge in [-0.05, 0) is 19.9 Å². The average Bonchev–Trinajstić information content (AvgIpc) is 2.87. The van der Waals surface area contributed by atoms with E-state index < -0.39 is 41.7 Å². The maximum atomic E-state index is 11.8. The first-order valence-electron chi connectivity index (χ1n) is 7.71. The van der Waals surface area contributed by atoms with Gasteiger partial charge in [-0.1, -0.05) is 0 Å². The first kappa shape index (κ1) is 19.6.